The van der Waals surface area contributed by atoms with Gasteiger partial charge in [-0.2, -0.15) is 4.98 Å². The first kappa shape index (κ1) is 11.2. The fourth-order valence-electron chi connectivity index (χ4n) is 1.14. The van der Waals surface area contributed by atoms with Gasteiger partial charge in [-0.1, -0.05) is 0 Å². The van der Waals surface area contributed by atoms with Gasteiger partial charge in [-0.05, 0) is 12.1 Å². The van der Waals surface area contributed by atoms with Gasteiger partial charge in [0.1, 0.15) is 5.75 Å². The van der Waals surface area contributed by atoms with Crippen molar-refractivity contribution >= 4 is 5.82 Å². The summed E-state index contributed by atoms with van der Waals surface area (Å²) in [6.07, 6.45) is 2.91. The van der Waals surface area contributed by atoms with E-state index in [0.29, 0.717) is 6.07 Å². The zero-order chi connectivity index (χ0) is 12.3. The number of nitrogens with one attached hydrogen (secondary N) is 1. The molecule has 17 heavy (non-hydrogen) atoms. The van der Waals surface area contributed by atoms with Crippen molar-refractivity contribution in [3.8, 4) is 11.6 Å². The fourth-order valence-corrected chi connectivity index (χ4v) is 1.14. The minimum absolute atomic E-state index is 0.286. The second-order valence-electron chi connectivity index (χ2n) is 3.04. The molecule has 0 unspecified atom stereocenters. The third-order valence-corrected chi connectivity index (χ3v) is 1.88. The van der Waals surface area contributed by atoms with E-state index in [1.807, 2.05) is 5.43 Å². The molecule has 0 aliphatic rings. The van der Waals surface area contributed by atoms with Crippen LogP contribution < -0.4 is 16.0 Å². The number of halogens is 2. The molecule has 0 aromatic carbocycles. The van der Waals surface area contributed by atoms with E-state index in [1.54, 1.807) is 12.1 Å². The van der Waals surface area contributed by atoms with Gasteiger partial charge in [0.25, 0.3) is 5.88 Å². The molecule has 0 aliphatic heterocycles. The van der Waals surface area contributed by atoms with Crippen molar-refractivity contribution in [2.24, 2.45) is 5.84 Å². The van der Waals surface area contributed by atoms with Crippen LogP contribution in [0.25, 0.3) is 0 Å². The Labute approximate surface area is 95.2 Å². The van der Waals surface area contributed by atoms with Gasteiger partial charge in [0.2, 0.25) is 0 Å². The average molecular weight is 238 g/mol. The topological polar surface area (TPSA) is 73.1 Å². The van der Waals surface area contributed by atoms with E-state index in [0.717, 1.165) is 0 Å². The fraction of sp³-hybridized carbons (Fsp3) is 0. The lowest BCUT2D eigenvalue weighted by Gasteiger charge is -2.07. The summed E-state index contributed by atoms with van der Waals surface area (Å²) in [5, 5.41) is 0. The Morgan fingerprint density at radius 1 is 1.29 bits per heavy atom. The second kappa shape index (κ2) is 4.71. The molecule has 88 valence electrons. The Morgan fingerprint density at radius 3 is 2.76 bits per heavy atom. The Balaban J connectivity index is 2.33. The number of hydrogen-bond donors (Lipinski definition) is 2. The summed E-state index contributed by atoms with van der Waals surface area (Å²) in [6, 6.07) is 3.81. The van der Waals surface area contributed by atoms with Crippen LogP contribution in [0.5, 0.6) is 11.6 Å². The van der Waals surface area contributed by atoms with Gasteiger partial charge in [0, 0.05) is 12.3 Å². The molecule has 2 aromatic heterocycles. The minimum atomic E-state index is -0.926. The van der Waals surface area contributed by atoms with Crippen LogP contribution in [0.4, 0.5) is 14.6 Å². The zero-order valence-corrected chi connectivity index (χ0v) is 8.52. The van der Waals surface area contributed by atoms with Crippen LogP contribution in [0.15, 0.2) is 30.6 Å². The van der Waals surface area contributed by atoms with Crippen LogP contribution in [-0.4, -0.2) is 9.97 Å². The van der Waals surface area contributed by atoms with Crippen molar-refractivity contribution < 1.29 is 13.5 Å². The monoisotopic (exact) mass is 238 g/mol. The van der Waals surface area contributed by atoms with Gasteiger partial charge < -0.3 is 10.2 Å². The molecule has 0 bridgehead atoms. The van der Waals surface area contributed by atoms with Gasteiger partial charge >= 0.3 is 0 Å². The number of nitrogen functional groups attached to an aromatic ring is 1. The van der Waals surface area contributed by atoms with Gasteiger partial charge in [0.05, 0.1) is 6.20 Å². The average Bonchev–Trinajstić information content (AvgIpc) is 2.34. The number of nitrogens with zero attached hydrogens (tertiary/aromatic N) is 2. The molecule has 0 atom stereocenters. The molecule has 3 N–H and O–H groups in total. The molecule has 0 radical (unpaired) electrons. The third-order valence-electron chi connectivity index (χ3n) is 1.88. The van der Waals surface area contributed by atoms with E-state index in [2.05, 4.69) is 9.97 Å². The van der Waals surface area contributed by atoms with Crippen LogP contribution in [0, 0.1) is 11.6 Å². The first-order chi connectivity index (χ1) is 8.20. The van der Waals surface area contributed by atoms with Crippen molar-refractivity contribution in [2.75, 3.05) is 5.43 Å². The molecule has 0 spiro atoms. The maximum Gasteiger partial charge on any atom is 0.258 e. The number of nitrogens with two attached hydrogens (primary N) is 1. The molecule has 0 saturated carbocycles. The first-order valence-corrected chi connectivity index (χ1v) is 4.61. The summed E-state index contributed by atoms with van der Waals surface area (Å²) in [7, 11) is 0. The van der Waals surface area contributed by atoms with E-state index in [9.17, 15) is 8.78 Å². The predicted octanol–water partition coefficient (Wildman–Crippen LogP) is 1.83. The normalized spacial score (nSPS) is 10.1. The summed E-state index contributed by atoms with van der Waals surface area (Å²) in [4.78, 5) is 7.33. The molecule has 0 saturated heterocycles. The molecule has 7 heteroatoms. The van der Waals surface area contributed by atoms with Crippen LogP contribution in [-0.2, 0) is 0 Å². The predicted molar refractivity (Wildman–Crippen MR) is 56.3 cm³/mol. The number of anilines is 1. The smallest absolute Gasteiger partial charge is 0.258 e. The highest BCUT2D eigenvalue weighted by molar-refractivity contribution is 5.39. The summed E-state index contributed by atoms with van der Waals surface area (Å²) in [5.41, 5.74) is 2.00. The number of rotatable bonds is 3. The maximum atomic E-state index is 13.3. The molecule has 2 rings (SSSR count). The summed E-state index contributed by atoms with van der Waals surface area (Å²) in [6.45, 7) is 0. The van der Waals surface area contributed by atoms with E-state index >= 15 is 0 Å². The zero-order valence-electron chi connectivity index (χ0n) is 8.52. The van der Waals surface area contributed by atoms with E-state index in [-0.39, 0.29) is 17.4 Å². The lowest BCUT2D eigenvalue weighted by Crippen LogP contribution is -2.11. The Bertz CT molecular complexity index is 521. The molecule has 2 heterocycles. The van der Waals surface area contributed by atoms with Crippen molar-refractivity contribution in [3.63, 3.8) is 0 Å². The standard InChI is InChI=1S/C10H8F2N4O/c11-7-4-8(12)10(15-9(7)16-13)17-6-2-1-3-14-5-6/h1-5H,13H2,(H,15,16). The van der Waals surface area contributed by atoms with Crippen LogP contribution >= 0.6 is 0 Å². The molecule has 2 aromatic rings. The highest BCUT2D eigenvalue weighted by Crippen LogP contribution is 2.24. The highest BCUT2D eigenvalue weighted by Gasteiger charge is 2.13. The Hall–Kier alpha value is -2.28. The molecule has 0 fully saturated rings. The molecular formula is C10H8F2N4O. The van der Waals surface area contributed by atoms with E-state index in [4.69, 9.17) is 10.6 Å². The third kappa shape index (κ3) is 2.45. The second-order valence-corrected chi connectivity index (χ2v) is 3.04. The number of aromatic nitrogens is 2. The number of hydrazine groups is 1. The number of ether oxygens (including phenoxy) is 1. The molecule has 5 nitrogen and oxygen atoms in total. The van der Waals surface area contributed by atoms with E-state index in [1.165, 1.54) is 12.4 Å². The van der Waals surface area contributed by atoms with Crippen LogP contribution in [0.3, 0.4) is 0 Å². The SMILES string of the molecule is NNc1nc(Oc2cccnc2)c(F)cc1F. The van der Waals surface area contributed by atoms with Gasteiger partial charge in [-0.25, -0.2) is 14.6 Å². The lowest BCUT2D eigenvalue weighted by atomic mass is 10.4. The molecule has 0 amide bonds. The van der Waals surface area contributed by atoms with Crippen molar-refractivity contribution in [1.29, 1.82) is 0 Å². The van der Waals surface area contributed by atoms with Crippen molar-refractivity contribution in [1.82, 2.24) is 9.97 Å². The summed E-state index contributed by atoms with van der Waals surface area (Å²) < 4.78 is 31.5. The highest BCUT2D eigenvalue weighted by atomic mass is 19.1. The van der Waals surface area contributed by atoms with E-state index < -0.39 is 11.6 Å². The molecular weight excluding hydrogens is 230 g/mol. The van der Waals surface area contributed by atoms with Crippen molar-refractivity contribution in [2.45, 2.75) is 0 Å². The molecule has 0 aliphatic carbocycles. The number of hydrogen-bond acceptors (Lipinski definition) is 5. The van der Waals surface area contributed by atoms with Crippen LogP contribution in [0.1, 0.15) is 0 Å². The van der Waals surface area contributed by atoms with Gasteiger partial charge in [0.15, 0.2) is 17.5 Å². The maximum absolute atomic E-state index is 13.3. The van der Waals surface area contributed by atoms with Gasteiger partial charge in [-0.3, -0.25) is 4.98 Å². The Kier molecular flexibility index (Phi) is 3.10. The largest absolute Gasteiger partial charge is 0.435 e. The Morgan fingerprint density at radius 2 is 2.12 bits per heavy atom. The number of pyridine rings is 2. The lowest BCUT2D eigenvalue weighted by molar-refractivity contribution is 0.416. The summed E-state index contributed by atoms with van der Waals surface area (Å²) >= 11 is 0. The van der Waals surface area contributed by atoms with Crippen LogP contribution in [0.2, 0.25) is 0 Å². The summed E-state index contributed by atoms with van der Waals surface area (Å²) in [5.74, 6) is 2.80. The quantitative estimate of drug-likeness (QED) is 0.630. The first-order valence-electron chi connectivity index (χ1n) is 4.61. The van der Waals surface area contributed by atoms with Crippen molar-refractivity contribution in [3.05, 3.63) is 42.2 Å². The van der Waals surface area contributed by atoms with Gasteiger partial charge in [-0.15, -0.1) is 0 Å². The minimum Gasteiger partial charge on any atom is -0.435 e.